The van der Waals surface area contributed by atoms with Crippen LogP contribution in [0.1, 0.15) is 68.7 Å². The van der Waals surface area contributed by atoms with E-state index >= 15 is 0 Å². The lowest BCUT2D eigenvalue weighted by molar-refractivity contribution is 0.0733. The molecule has 2 fully saturated rings. The van der Waals surface area contributed by atoms with Crippen molar-refractivity contribution in [1.29, 1.82) is 0 Å². The van der Waals surface area contributed by atoms with E-state index in [-0.39, 0.29) is 41.4 Å². The van der Waals surface area contributed by atoms with Gasteiger partial charge in [-0.2, -0.15) is 0 Å². The largest absolute Gasteiger partial charge is 0.445 e. The average Bonchev–Trinajstić information content (AvgIpc) is 3.83. The molecule has 0 saturated carbocycles. The molecule has 1 unspecified atom stereocenters. The maximum atomic E-state index is 14.0. The number of aromatic nitrogens is 2. The lowest BCUT2D eigenvalue weighted by atomic mass is 9.94. The SMILES string of the molecule is Cc1csc([C@H]2CCCN2C(=O)c2cc(C(=O)NC(Cc3cc(F)cc(F)c3)[C@H](O)[C@@H]3CCCN3)cc(-c3ncco3)c2)n1. The van der Waals surface area contributed by atoms with Crippen LogP contribution in [0, 0.1) is 18.6 Å². The van der Waals surface area contributed by atoms with E-state index in [2.05, 4.69) is 20.6 Å². The summed E-state index contributed by atoms with van der Waals surface area (Å²) in [6, 6.07) is 6.57. The molecule has 2 aliphatic heterocycles. The Balaban J connectivity index is 1.31. The molecule has 4 heterocycles. The molecule has 0 bridgehead atoms. The van der Waals surface area contributed by atoms with Crippen LogP contribution >= 0.6 is 11.3 Å². The van der Waals surface area contributed by atoms with Gasteiger partial charge in [0, 0.05) is 46.4 Å². The lowest BCUT2D eigenvalue weighted by Gasteiger charge is -2.29. The second-order valence-electron chi connectivity index (χ2n) is 11.4. The van der Waals surface area contributed by atoms with Crippen LogP contribution in [0.4, 0.5) is 8.78 Å². The van der Waals surface area contributed by atoms with Crippen molar-refractivity contribution in [3.8, 4) is 11.5 Å². The van der Waals surface area contributed by atoms with Crippen LogP contribution in [0.25, 0.3) is 11.5 Å². The van der Waals surface area contributed by atoms with Gasteiger partial charge in [0.05, 0.1) is 24.4 Å². The Labute approximate surface area is 257 Å². The van der Waals surface area contributed by atoms with Gasteiger partial charge in [0.2, 0.25) is 5.89 Å². The van der Waals surface area contributed by atoms with Gasteiger partial charge >= 0.3 is 0 Å². The highest BCUT2D eigenvalue weighted by molar-refractivity contribution is 7.09. The third-order valence-electron chi connectivity index (χ3n) is 8.17. The number of aliphatic hydroxyl groups excluding tert-OH is 1. The monoisotopic (exact) mass is 621 g/mol. The van der Waals surface area contributed by atoms with Crippen molar-refractivity contribution < 1.29 is 27.9 Å². The Morgan fingerprint density at radius 1 is 1.14 bits per heavy atom. The number of aryl methyl sites for hydroxylation is 1. The molecule has 0 spiro atoms. The summed E-state index contributed by atoms with van der Waals surface area (Å²) in [5.41, 5.74) is 2.08. The van der Waals surface area contributed by atoms with Gasteiger partial charge in [-0.1, -0.05) is 0 Å². The van der Waals surface area contributed by atoms with E-state index in [1.165, 1.54) is 42.0 Å². The summed E-state index contributed by atoms with van der Waals surface area (Å²) in [7, 11) is 0. The summed E-state index contributed by atoms with van der Waals surface area (Å²) < 4.78 is 33.5. The zero-order chi connectivity index (χ0) is 30.8. The molecule has 3 N–H and O–H groups in total. The molecule has 2 aromatic carbocycles. The van der Waals surface area contributed by atoms with Gasteiger partial charge in [-0.05, 0) is 81.5 Å². The van der Waals surface area contributed by atoms with Crippen LogP contribution < -0.4 is 10.6 Å². The number of oxazole rings is 1. The average molecular weight is 622 g/mol. The molecule has 4 atom stereocenters. The van der Waals surface area contributed by atoms with Gasteiger partial charge in [0.25, 0.3) is 11.8 Å². The molecule has 44 heavy (non-hydrogen) atoms. The number of nitrogens with one attached hydrogen (secondary N) is 2. The van der Waals surface area contributed by atoms with Crippen LogP contribution in [0.2, 0.25) is 0 Å². The fraction of sp³-hybridized carbons (Fsp3) is 0.375. The van der Waals surface area contributed by atoms with Crippen LogP contribution in [-0.4, -0.2) is 63.1 Å². The number of carbonyl (C=O) groups is 2. The summed E-state index contributed by atoms with van der Waals surface area (Å²) in [6.07, 6.45) is 5.02. The molecule has 6 rings (SSSR count). The Morgan fingerprint density at radius 2 is 1.93 bits per heavy atom. The number of likely N-dealkylation sites (tertiary alicyclic amines) is 1. The minimum absolute atomic E-state index is 0.00628. The summed E-state index contributed by atoms with van der Waals surface area (Å²) in [5.74, 6) is -2.05. The molecule has 2 saturated heterocycles. The van der Waals surface area contributed by atoms with Crippen LogP contribution in [0.5, 0.6) is 0 Å². The predicted octanol–water partition coefficient (Wildman–Crippen LogP) is 4.82. The number of nitrogens with zero attached hydrogens (tertiary/aromatic N) is 3. The standard InChI is InChI=1S/C32H33F2N5O4S/c1-18-17-44-31(37-18)27-5-3-8-39(27)32(42)22-14-20(13-21(15-22)30-36-7-9-43-30)29(41)38-26(28(40)25-4-2-6-35-25)12-19-10-23(33)16-24(34)11-19/h7,9-11,13-17,25-28,35,40H,2-6,8,12H2,1H3,(H,38,41)/t25-,26?,27+,28+/m0/s1. The Bertz CT molecular complexity index is 1620. The number of amides is 2. The summed E-state index contributed by atoms with van der Waals surface area (Å²) >= 11 is 1.52. The van der Waals surface area contributed by atoms with E-state index < -0.39 is 29.7 Å². The van der Waals surface area contributed by atoms with Crippen molar-refractivity contribution in [2.24, 2.45) is 0 Å². The maximum Gasteiger partial charge on any atom is 0.254 e. The first-order valence-corrected chi connectivity index (χ1v) is 15.6. The Hall–Kier alpha value is -4.00. The van der Waals surface area contributed by atoms with Crippen molar-refractivity contribution >= 4 is 23.2 Å². The normalized spacial score (nSPS) is 19.7. The van der Waals surface area contributed by atoms with Crippen LogP contribution in [-0.2, 0) is 6.42 Å². The maximum absolute atomic E-state index is 14.0. The van der Waals surface area contributed by atoms with Crippen LogP contribution in [0.15, 0.2) is 58.7 Å². The number of thiazole rings is 1. The quantitative estimate of drug-likeness (QED) is 0.245. The molecule has 12 heteroatoms. The first-order valence-electron chi connectivity index (χ1n) is 14.7. The van der Waals surface area contributed by atoms with E-state index in [1.807, 2.05) is 12.3 Å². The van der Waals surface area contributed by atoms with Gasteiger partial charge in [-0.25, -0.2) is 18.7 Å². The fourth-order valence-electron chi connectivity index (χ4n) is 6.10. The fourth-order valence-corrected chi connectivity index (χ4v) is 7.05. The topological polar surface area (TPSA) is 121 Å². The Kier molecular flexibility index (Phi) is 8.83. The van der Waals surface area contributed by atoms with Gasteiger partial charge in [-0.3, -0.25) is 9.59 Å². The van der Waals surface area contributed by atoms with Crippen molar-refractivity contribution in [2.75, 3.05) is 13.1 Å². The van der Waals surface area contributed by atoms with Crippen molar-refractivity contribution in [3.63, 3.8) is 0 Å². The van der Waals surface area contributed by atoms with Gasteiger partial charge in [0.15, 0.2) is 0 Å². The third-order valence-corrected chi connectivity index (χ3v) is 9.24. The number of carbonyl (C=O) groups excluding carboxylic acids is 2. The minimum Gasteiger partial charge on any atom is -0.445 e. The molecule has 2 aromatic heterocycles. The smallest absolute Gasteiger partial charge is 0.254 e. The number of aliphatic hydroxyl groups is 1. The molecule has 4 aromatic rings. The van der Waals surface area contributed by atoms with Crippen LogP contribution in [0.3, 0.4) is 0 Å². The molecule has 9 nitrogen and oxygen atoms in total. The second-order valence-corrected chi connectivity index (χ2v) is 12.3. The highest BCUT2D eigenvalue weighted by Crippen LogP contribution is 2.35. The van der Waals surface area contributed by atoms with E-state index in [9.17, 15) is 23.5 Å². The van der Waals surface area contributed by atoms with Gasteiger partial charge in [0.1, 0.15) is 22.9 Å². The molecule has 230 valence electrons. The molecule has 2 aliphatic rings. The van der Waals surface area contributed by atoms with Gasteiger partial charge in [-0.15, -0.1) is 11.3 Å². The van der Waals surface area contributed by atoms with Crippen molar-refractivity contribution in [3.05, 3.63) is 93.3 Å². The summed E-state index contributed by atoms with van der Waals surface area (Å²) in [4.78, 5) is 38.4. The number of halogens is 2. The minimum atomic E-state index is -1.03. The summed E-state index contributed by atoms with van der Waals surface area (Å²) in [6.45, 7) is 3.20. The van der Waals surface area contributed by atoms with E-state index in [0.29, 0.717) is 24.1 Å². The number of hydrogen-bond acceptors (Lipinski definition) is 8. The molecule has 2 amide bonds. The molecule has 0 radical (unpaired) electrons. The number of benzene rings is 2. The highest BCUT2D eigenvalue weighted by atomic mass is 32.1. The number of rotatable bonds is 9. The van der Waals surface area contributed by atoms with E-state index in [0.717, 1.165) is 42.6 Å². The highest BCUT2D eigenvalue weighted by Gasteiger charge is 2.34. The van der Waals surface area contributed by atoms with Crippen molar-refractivity contribution in [2.45, 2.75) is 63.3 Å². The molecular formula is C32H33F2N5O4S. The zero-order valence-electron chi connectivity index (χ0n) is 24.1. The van der Waals surface area contributed by atoms with Gasteiger partial charge < -0.3 is 25.1 Å². The van der Waals surface area contributed by atoms with Crippen molar-refractivity contribution in [1.82, 2.24) is 25.5 Å². The first-order chi connectivity index (χ1) is 21.2. The number of hydrogen-bond donors (Lipinski definition) is 3. The second kappa shape index (κ2) is 12.9. The predicted molar refractivity (Wildman–Crippen MR) is 160 cm³/mol. The first kappa shape index (κ1) is 30.0. The Morgan fingerprint density at radius 3 is 2.61 bits per heavy atom. The lowest BCUT2D eigenvalue weighted by Crippen LogP contribution is -2.52. The van der Waals surface area contributed by atoms with E-state index in [1.54, 1.807) is 17.0 Å². The zero-order valence-corrected chi connectivity index (χ0v) is 24.9. The molecular weight excluding hydrogens is 588 g/mol. The molecule has 0 aliphatic carbocycles. The third kappa shape index (κ3) is 6.57. The van der Waals surface area contributed by atoms with E-state index in [4.69, 9.17) is 4.42 Å². The summed E-state index contributed by atoms with van der Waals surface area (Å²) in [5, 5.41) is 20.2.